The summed E-state index contributed by atoms with van der Waals surface area (Å²) >= 11 is 0. The molecule has 27 heavy (non-hydrogen) atoms. The number of hydrogen-bond acceptors (Lipinski definition) is 4. The summed E-state index contributed by atoms with van der Waals surface area (Å²) in [6, 6.07) is 13.1. The van der Waals surface area contributed by atoms with Crippen molar-refractivity contribution in [1.29, 1.82) is 0 Å². The molecule has 0 unspecified atom stereocenters. The molecule has 0 radical (unpaired) electrons. The molecule has 2 amide bonds. The van der Waals surface area contributed by atoms with Gasteiger partial charge in [-0.1, -0.05) is 36.4 Å². The van der Waals surface area contributed by atoms with Gasteiger partial charge in [0.1, 0.15) is 11.7 Å². The Morgan fingerprint density at radius 2 is 1.93 bits per heavy atom. The van der Waals surface area contributed by atoms with Crippen molar-refractivity contribution in [3.8, 4) is 0 Å². The van der Waals surface area contributed by atoms with E-state index in [1.807, 2.05) is 0 Å². The molecular weight excluding hydrogens is 351 g/mol. The summed E-state index contributed by atoms with van der Waals surface area (Å²) in [7, 11) is 1.12. The molecule has 2 aromatic rings. The molecule has 0 aromatic heterocycles. The van der Waals surface area contributed by atoms with Crippen molar-refractivity contribution in [2.24, 2.45) is 5.92 Å². The molecule has 1 heterocycles. The van der Waals surface area contributed by atoms with E-state index >= 15 is 0 Å². The average Bonchev–Trinajstić information content (AvgIpc) is 2.98. The van der Waals surface area contributed by atoms with Gasteiger partial charge in [-0.2, -0.15) is 0 Å². The molecule has 1 fully saturated rings. The van der Waals surface area contributed by atoms with Crippen LogP contribution in [-0.4, -0.2) is 24.9 Å². The van der Waals surface area contributed by atoms with Gasteiger partial charge in [-0.15, -0.1) is 0 Å². The van der Waals surface area contributed by atoms with Crippen LogP contribution in [0.5, 0.6) is 0 Å². The number of amides is 2. The van der Waals surface area contributed by atoms with Gasteiger partial charge in [0.15, 0.2) is 0 Å². The first-order chi connectivity index (χ1) is 13.0. The third-order valence-corrected chi connectivity index (χ3v) is 4.60. The van der Waals surface area contributed by atoms with Crippen LogP contribution in [0.25, 0.3) is 4.85 Å². The first kappa shape index (κ1) is 18.3. The number of methoxy groups -OCH3 is 1. The Morgan fingerprint density at radius 3 is 2.52 bits per heavy atom. The highest BCUT2D eigenvalue weighted by molar-refractivity contribution is 6.22. The second kappa shape index (κ2) is 7.00. The number of halogens is 1. The summed E-state index contributed by atoms with van der Waals surface area (Å²) in [5, 5.41) is 0. The van der Waals surface area contributed by atoms with Gasteiger partial charge in [-0.25, -0.2) is 20.7 Å². The van der Waals surface area contributed by atoms with Crippen LogP contribution in [0.4, 0.5) is 10.1 Å². The Hall–Kier alpha value is -3.53. The predicted molar refractivity (Wildman–Crippen MR) is 93.7 cm³/mol. The molecule has 136 valence electrons. The smallest absolute Gasteiger partial charge is 0.399 e. The maximum atomic E-state index is 13.5. The summed E-state index contributed by atoms with van der Waals surface area (Å²) in [5.41, 5.74) is -1.67. The van der Waals surface area contributed by atoms with E-state index in [1.54, 1.807) is 18.2 Å². The van der Waals surface area contributed by atoms with Crippen LogP contribution >= 0.6 is 0 Å². The SMILES string of the molecule is [C-]#[N+][C@@](C(=O)OC)(c1ccccc1)[C@H]1CC(=O)N(c2cccc(F)c2)C1=O. The number of carbonyl (C=O) groups excluding carboxylic acids is 3. The number of rotatable bonds is 4. The first-order valence-corrected chi connectivity index (χ1v) is 8.10. The molecule has 0 spiro atoms. The second-order valence-electron chi connectivity index (χ2n) is 6.04. The van der Waals surface area contributed by atoms with Crippen LogP contribution < -0.4 is 4.90 Å². The molecule has 0 N–H and O–H groups in total. The lowest BCUT2D eigenvalue weighted by molar-refractivity contribution is -0.149. The van der Waals surface area contributed by atoms with Crippen molar-refractivity contribution in [3.05, 3.63) is 77.4 Å². The molecule has 6 nitrogen and oxygen atoms in total. The van der Waals surface area contributed by atoms with E-state index in [2.05, 4.69) is 4.85 Å². The molecule has 2 aromatic carbocycles. The van der Waals surface area contributed by atoms with Crippen LogP contribution in [0.2, 0.25) is 0 Å². The molecule has 2 atom stereocenters. The van der Waals surface area contributed by atoms with E-state index in [-0.39, 0.29) is 17.7 Å². The third kappa shape index (κ3) is 2.85. The van der Waals surface area contributed by atoms with Gasteiger partial charge < -0.3 is 4.74 Å². The Kier molecular flexibility index (Phi) is 4.74. The van der Waals surface area contributed by atoms with E-state index in [0.717, 1.165) is 18.1 Å². The molecule has 1 aliphatic heterocycles. The molecule has 0 bridgehead atoms. The minimum absolute atomic E-state index is 0.0595. The van der Waals surface area contributed by atoms with Gasteiger partial charge in [0, 0.05) is 12.0 Å². The van der Waals surface area contributed by atoms with Crippen LogP contribution in [0.3, 0.4) is 0 Å². The average molecular weight is 366 g/mol. The number of hydrogen-bond donors (Lipinski definition) is 0. The van der Waals surface area contributed by atoms with Gasteiger partial charge in [0.25, 0.3) is 0 Å². The van der Waals surface area contributed by atoms with Gasteiger partial charge in [-0.05, 0) is 18.2 Å². The number of benzene rings is 2. The largest absolute Gasteiger partial charge is 0.463 e. The van der Waals surface area contributed by atoms with Gasteiger partial charge >= 0.3 is 11.5 Å². The highest BCUT2D eigenvalue weighted by Crippen LogP contribution is 2.43. The lowest BCUT2D eigenvalue weighted by atomic mass is 9.77. The minimum Gasteiger partial charge on any atom is -0.463 e. The van der Waals surface area contributed by atoms with Crippen molar-refractivity contribution < 1.29 is 23.5 Å². The van der Waals surface area contributed by atoms with E-state index in [4.69, 9.17) is 11.3 Å². The molecule has 3 rings (SSSR count). The van der Waals surface area contributed by atoms with Crippen LogP contribution in [0.15, 0.2) is 54.6 Å². The Morgan fingerprint density at radius 1 is 1.22 bits per heavy atom. The van der Waals surface area contributed by atoms with E-state index in [9.17, 15) is 18.8 Å². The number of nitrogens with zero attached hydrogens (tertiary/aromatic N) is 2. The zero-order valence-corrected chi connectivity index (χ0v) is 14.4. The predicted octanol–water partition coefficient (Wildman–Crippen LogP) is 2.69. The zero-order valence-electron chi connectivity index (χ0n) is 14.4. The Balaban J connectivity index is 2.12. The summed E-state index contributed by atoms with van der Waals surface area (Å²) < 4.78 is 18.4. The number of anilines is 1. The molecular formula is C20H15FN2O4. The highest BCUT2D eigenvalue weighted by Gasteiger charge is 2.63. The van der Waals surface area contributed by atoms with Crippen molar-refractivity contribution in [3.63, 3.8) is 0 Å². The van der Waals surface area contributed by atoms with E-state index < -0.39 is 35.1 Å². The Labute approximate surface area is 155 Å². The van der Waals surface area contributed by atoms with Gasteiger partial charge in [-0.3, -0.25) is 14.4 Å². The number of ether oxygens (including phenoxy) is 1. The van der Waals surface area contributed by atoms with Gasteiger partial charge in [0.05, 0.1) is 12.8 Å². The van der Waals surface area contributed by atoms with E-state index in [1.165, 1.54) is 30.3 Å². The summed E-state index contributed by atoms with van der Waals surface area (Å²) in [6.07, 6.45) is -0.359. The van der Waals surface area contributed by atoms with Gasteiger partial charge in [0.2, 0.25) is 11.8 Å². The molecule has 1 saturated heterocycles. The minimum atomic E-state index is -2.00. The third-order valence-electron chi connectivity index (χ3n) is 4.60. The van der Waals surface area contributed by atoms with Crippen molar-refractivity contribution in [2.75, 3.05) is 12.0 Å². The second-order valence-corrected chi connectivity index (χ2v) is 6.04. The van der Waals surface area contributed by atoms with Crippen molar-refractivity contribution in [1.82, 2.24) is 0 Å². The normalized spacial score (nSPS) is 18.7. The molecule has 0 aliphatic carbocycles. The van der Waals surface area contributed by atoms with Crippen LogP contribution in [-0.2, 0) is 24.7 Å². The number of carbonyl (C=O) groups is 3. The van der Waals surface area contributed by atoms with Crippen molar-refractivity contribution >= 4 is 23.5 Å². The quantitative estimate of drug-likeness (QED) is 0.474. The maximum Gasteiger partial charge on any atom is 0.399 e. The summed E-state index contributed by atoms with van der Waals surface area (Å²) in [6.45, 7) is 7.69. The monoisotopic (exact) mass is 366 g/mol. The molecule has 0 saturated carbocycles. The lowest BCUT2D eigenvalue weighted by Gasteiger charge is -2.24. The standard InChI is InChI=1S/C20H15FN2O4/c1-22-20(19(26)27-2,13-7-4-3-5-8-13)16-12-17(24)23(18(16)25)15-10-6-9-14(21)11-15/h3-11,16H,12H2,2H3/t16-,20-/m0/s1. The molecule has 7 heteroatoms. The lowest BCUT2D eigenvalue weighted by Crippen LogP contribution is -2.45. The van der Waals surface area contributed by atoms with Crippen LogP contribution in [0, 0.1) is 18.3 Å². The topological polar surface area (TPSA) is 68.0 Å². The first-order valence-electron chi connectivity index (χ1n) is 8.10. The maximum absolute atomic E-state index is 13.5. The fourth-order valence-electron chi connectivity index (χ4n) is 3.34. The number of imide groups is 1. The molecule has 1 aliphatic rings. The zero-order chi connectivity index (χ0) is 19.6. The van der Waals surface area contributed by atoms with Crippen molar-refractivity contribution in [2.45, 2.75) is 12.0 Å². The summed E-state index contributed by atoms with van der Waals surface area (Å²) in [5.74, 6) is -4.15. The summed E-state index contributed by atoms with van der Waals surface area (Å²) in [4.78, 5) is 42.5. The fourth-order valence-corrected chi connectivity index (χ4v) is 3.34. The fraction of sp³-hybridized carbons (Fsp3) is 0.200. The van der Waals surface area contributed by atoms with E-state index in [0.29, 0.717) is 0 Å². The highest BCUT2D eigenvalue weighted by atomic mass is 19.1. The van der Waals surface area contributed by atoms with Crippen LogP contribution in [0.1, 0.15) is 12.0 Å². The Bertz CT molecular complexity index is 954. The number of esters is 1.